The number of ether oxygens (including phenoxy) is 1. The number of aryl methyl sites for hydroxylation is 1. The van der Waals surface area contributed by atoms with E-state index < -0.39 is 0 Å². The maximum Gasteiger partial charge on any atom is 0.255 e. The molecule has 4 heteroatoms. The second-order valence-electron chi connectivity index (χ2n) is 6.34. The van der Waals surface area contributed by atoms with Crippen molar-refractivity contribution in [1.29, 1.82) is 0 Å². The van der Waals surface area contributed by atoms with Gasteiger partial charge in [-0.25, -0.2) is 0 Å². The van der Waals surface area contributed by atoms with Gasteiger partial charge >= 0.3 is 0 Å². The van der Waals surface area contributed by atoms with Crippen LogP contribution in [0.2, 0.25) is 0 Å². The van der Waals surface area contributed by atoms with Crippen molar-refractivity contribution in [3.63, 3.8) is 0 Å². The zero-order valence-electron chi connectivity index (χ0n) is 15.2. The number of benzene rings is 3. The number of nitrogens with one attached hydrogen (secondary N) is 1. The molecule has 0 unspecified atom stereocenters. The van der Waals surface area contributed by atoms with Crippen molar-refractivity contribution in [2.75, 3.05) is 24.3 Å². The SMILES string of the molecule is Cc1ccc(Oc2cccc(C(=O)Nc3ccc(N(C)C)cc3)c2)cc1. The summed E-state index contributed by atoms with van der Waals surface area (Å²) < 4.78 is 5.83. The van der Waals surface area contributed by atoms with Gasteiger partial charge in [0.25, 0.3) is 5.91 Å². The third-order valence-corrected chi connectivity index (χ3v) is 3.99. The lowest BCUT2D eigenvalue weighted by Crippen LogP contribution is -2.12. The van der Waals surface area contributed by atoms with Crippen LogP contribution in [-0.4, -0.2) is 20.0 Å². The minimum Gasteiger partial charge on any atom is -0.457 e. The third-order valence-electron chi connectivity index (χ3n) is 3.99. The highest BCUT2D eigenvalue weighted by atomic mass is 16.5. The van der Waals surface area contributed by atoms with E-state index in [1.165, 1.54) is 5.56 Å². The van der Waals surface area contributed by atoms with Crippen molar-refractivity contribution in [3.05, 3.63) is 83.9 Å². The lowest BCUT2D eigenvalue weighted by molar-refractivity contribution is 0.102. The molecule has 0 aliphatic heterocycles. The lowest BCUT2D eigenvalue weighted by Gasteiger charge is -2.13. The number of amides is 1. The summed E-state index contributed by atoms with van der Waals surface area (Å²) in [6.45, 7) is 2.03. The average Bonchev–Trinajstić information content (AvgIpc) is 2.64. The quantitative estimate of drug-likeness (QED) is 0.698. The summed E-state index contributed by atoms with van der Waals surface area (Å²) in [4.78, 5) is 14.5. The van der Waals surface area contributed by atoms with Crippen LogP contribution in [0.25, 0.3) is 0 Å². The lowest BCUT2D eigenvalue weighted by atomic mass is 10.2. The smallest absolute Gasteiger partial charge is 0.255 e. The molecule has 132 valence electrons. The molecule has 1 N–H and O–H groups in total. The second kappa shape index (κ2) is 7.74. The number of hydrogen-bond donors (Lipinski definition) is 1. The monoisotopic (exact) mass is 346 g/mol. The van der Waals surface area contributed by atoms with Gasteiger partial charge in [0.15, 0.2) is 0 Å². The summed E-state index contributed by atoms with van der Waals surface area (Å²) in [5.41, 5.74) is 3.55. The van der Waals surface area contributed by atoms with Gasteiger partial charge in [-0.3, -0.25) is 4.79 Å². The highest BCUT2D eigenvalue weighted by Gasteiger charge is 2.08. The van der Waals surface area contributed by atoms with Crippen LogP contribution in [0.1, 0.15) is 15.9 Å². The Morgan fingerprint density at radius 1 is 0.885 bits per heavy atom. The first kappa shape index (κ1) is 17.5. The molecule has 4 nitrogen and oxygen atoms in total. The Kier molecular flexibility index (Phi) is 5.23. The Hall–Kier alpha value is -3.27. The van der Waals surface area contributed by atoms with Crippen molar-refractivity contribution < 1.29 is 9.53 Å². The predicted molar refractivity (Wildman–Crippen MR) is 106 cm³/mol. The number of carbonyl (C=O) groups is 1. The molecular weight excluding hydrogens is 324 g/mol. The van der Waals surface area contributed by atoms with E-state index in [1.54, 1.807) is 12.1 Å². The molecule has 3 aromatic carbocycles. The van der Waals surface area contributed by atoms with Gasteiger partial charge in [-0.05, 0) is 61.5 Å². The molecule has 0 atom stereocenters. The summed E-state index contributed by atoms with van der Waals surface area (Å²) in [5, 5.41) is 2.91. The van der Waals surface area contributed by atoms with E-state index in [2.05, 4.69) is 5.32 Å². The van der Waals surface area contributed by atoms with E-state index >= 15 is 0 Å². The Morgan fingerprint density at radius 2 is 1.58 bits per heavy atom. The molecule has 1 amide bonds. The molecule has 0 spiro atoms. The normalized spacial score (nSPS) is 10.3. The molecule has 0 fully saturated rings. The van der Waals surface area contributed by atoms with Gasteiger partial charge < -0.3 is 15.0 Å². The molecule has 0 bridgehead atoms. The molecule has 0 radical (unpaired) electrons. The highest BCUT2D eigenvalue weighted by molar-refractivity contribution is 6.04. The van der Waals surface area contributed by atoms with Crippen LogP contribution in [0.5, 0.6) is 11.5 Å². The van der Waals surface area contributed by atoms with Crippen LogP contribution in [0.15, 0.2) is 72.8 Å². The molecule has 0 aromatic heterocycles. The van der Waals surface area contributed by atoms with Crippen LogP contribution < -0.4 is 15.0 Å². The number of rotatable bonds is 5. The Morgan fingerprint density at radius 3 is 2.23 bits per heavy atom. The second-order valence-corrected chi connectivity index (χ2v) is 6.34. The van der Waals surface area contributed by atoms with Crippen molar-refractivity contribution in [2.24, 2.45) is 0 Å². The Labute approximate surface area is 154 Å². The maximum atomic E-state index is 12.5. The summed E-state index contributed by atoms with van der Waals surface area (Å²) in [6, 6.07) is 22.7. The molecule has 0 aliphatic rings. The van der Waals surface area contributed by atoms with Crippen LogP contribution in [-0.2, 0) is 0 Å². The van der Waals surface area contributed by atoms with Crippen molar-refractivity contribution >= 4 is 17.3 Å². The van der Waals surface area contributed by atoms with Crippen LogP contribution >= 0.6 is 0 Å². The van der Waals surface area contributed by atoms with Crippen molar-refractivity contribution in [3.8, 4) is 11.5 Å². The molecule has 3 aromatic rings. The zero-order valence-corrected chi connectivity index (χ0v) is 15.2. The maximum absolute atomic E-state index is 12.5. The van der Waals surface area contributed by atoms with Crippen LogP contribution in [0, 0.1) is 6.92 Å². The standard InChI is InChI=1S/C22H22N2O2/c1-16-7-13-20(14-8-16)26-21-6-4-5-17(15-21)22(25)23-18-9-11-19(12-10-18)24(2)3/h4-15H,1-3H3,(H,23,25). The first-order valence-electron chi connectivity index (χ1n) is 8.44. The van der Waals surface area contributed by atoms with E-state index in [0.29, 0.717) is 11.3 Å². The first-order chi connectivity index (χ1) is 12.5. The fraction of sp³-hybridized carbons (Fsp3) is 0.136. The number of hydrogen-bond acceptors (Lipinski definition) is 3. The van der Waals surface area contributed by atoms with Crippen LogP contribution in [0.3, 0.4) is 0 Å². The minimum atomic E-state index is -0.169. The molecule has 26 heavy (non-hydrogen) atoms. The fourth-order valence-corrected chi connectivity index (χ4v) is 2.49. The summed E-state index contributed by atoms with van der Waals surface area (Å²) in [6.07, 6.45) is 0. The molecule has 0 saturated carbocycles. The Balaban J connectivity index is 1.70. The number of anilines is 2. The number of carbonyl (C=O) groups excluding carboxylic acids is 1. The summed E-state index contributed by atoms with van der Waals surface area (Å²) in [5.74, 6) is 1.20. The summed E-state index contributed by atoms with van der Waals surface area (Å²) in [7, 11) is 3.96. The predicted octanol–water partition coefficient (Wildman–Crippen LogP) is 5.11. The van der Waals surface area contributed by atoms with Crippen molar-refractivity contribution in [1.82, 2.24) is 0 Å². The average molecular weight is 346 g/mol. The molecular formula is C22H22N2O2. The Bertz CT molecular complexity index is 885. The van der Waals surface area contributed by atoms with E-state index in [1.807, 2.05) is 86.6 Å². The van der Waals surface area contributed by atoms with E-state index in [0.717, 1.165) is 17.1 Å². The van der Waals surface area contributed by atoms with E-state index in [4.69, 9.17) is 4.74 Å². The molecule has 3 rings (SSSR count). The topological polar surface area (TPSA) is 41.6 Å². The fourth-order valence-electron chi connectivity index (χ4n) is 2.49. The minimum absolute atomic E-state index is 0.169. The molecule has 0 saturated heterocycles. The summed E-state index contributed by atoms with van der Waals surface area (Å²) >= 11 is 0. The highest BCUT2D eigenvalue weighted by Crippen LogP contribution is 2.23. The molecule has 0 heterocycles. The zero-order chi connectivity index (χ0) is 18.5. The number of nitrogens with zero attached hydrogens (tertiary/aromatic N) is 1. The van der Waals surface area contributed by atoms with Gasteiger partial charge in [0.2, 0.25) is 0 Å². The first-order valence-corrected chi connectivity index (χ1v) is 8.44. The molecule has 0 aliphatic carbocycles. The van der Waals surface area contributed by atoms with Gasteiger partial charge in [-0.2, -0.15) is 0 Å². The van der Waals surface area contributed by atoms with Gasteiger partial charge in [0.1, 0.15) is 11.5 Å². The van der Waals surface area contributed by atoms with Crippen LogP contribution in [0.4, 0.5) is 11.4 Å². The largest absolute Gasteiger partial charge is 0.457 e. The van der Waals surface area contributed by atoms with Crippen molar-refractivity contribution in [2.45, 2.75) is 6.92 Å². The van der Waals surface area contributed by atoms with E-state index in [9.17, 15) is 4.79 Å². The van der Waals surface area contributed by atoms with Gasteiger partial charge in [0, 0.05) is 31.0 Å². The van der Waals surface area contributed by atoms with Gasteiger partial charge in [-0.15, -0.1) is 0 Å². The van der Waals surface area contributed by atoms with Gasteiger partial charge in [-0.1, -0.05) is 23.8 Å². The third kappa shape index (κ3) is 4.42. The van der Waals surface area contributed by atoms with E-state index in [-0.39, 0.29) is 5.91 Å². The van der Waals surface area contributed by atoms with Gasteiger partial charge in [0.05, 0.1) is 0 Å².